The normalized spacial score (nSPS) is 9.81. The molecule has 0 amide bonds. The molecule has 8 heteroatoms. The topological polar surface area (TPSA) is 102 Å². The van der Waals surface area contributed by atoms with Gasteiger partial charge in [-0.15, -0.1) is 0 Å². The number of ether oxygens (including phenoxy) is 3. The first kappa shape index (κ1) is 14.7. The van der Waals surface area contributed by atoms with Crippen molar-refractivity contribution in [3.05, 3.63) is 17.0 Å². The Kier molecular flexibility index (Phi) is 4.35. The van der Waals surface area contributed by atoms with Crippen LogP contribution in [0.1, 0.15) is 4.88 Å². The molecule has 0 unspecified atom stereocenters. The van der Waals surface area contributed by atoms with E-state index < -0.39 is 0 Å². The molecule has 7 nitrogen and oxygen atoms in total. The summed E-state index contributed by atoms with van der Waals surface area (Å²) in [6.07, 6.45) is 0. The van der Waals surface area contributed by atoms with Gasteiger partial charge in [0.1, 0.15) is 10.9 Å². The lowest BCUT2D eigenvalue weighted by molar-refractivity contribution is 0.324. The SMILES string of the molecule is COc1cc(Nc2nc(N)c(C#N)s2)cc(OC)c1OC. The lowest BCUT2D eigenvalue weighted by Crippen LogP contribution is -1.97. The predicted molar refractivity (Wildman–Crippen MR) is 80.6 cm³/mol. The fourth-order valence-electron chi connectivity index (χ4n) is 1.74. The average Bonchev–Trinajstić information content (AvgIpc) is 2.85. The molecule has 1 aromatic heterocycles. The highest BCUT2D eigenvalue weighted by molar-refractivity contribution is 7.16. The van der Waals surface area contributed by atoms with Crippen LogP contribution in [0, 0.1) is 11.3 Å². The Morgan fingerprint density at radius 2 is 1.81 bits per heavy atom. The first-order valence-electron chi connectivity index (χ1n) is 5.86. The van der Waals surface area contributed by atoms with Crippen molar-refractivity contribution in [1.82, 2.24) is 4.98 Å². The van der Waals surface area contributed by atoms with Crippen molar-refractivity contribution in [3.8, 4) is 23.3 Å². The van der Waals surface area contributed by atoms with Crippen molar-refractivity contribution < 1.29 is 14.2 Å². The van der Waals surface area contributed by atoms with E-state index in [4.69, 9.17) is 25.2 Å². The van der Waals surface area contributed by atoms with Crippen molar-refractivity contribution in [1.29, 1.82) is 5.26 Å². The summed E-state index contributed by atoms with van der Waals surface area (Å²) >= 11 is 1.17. The van der Waals surface area contributed by atoms with Gasteiger partial charge in [0.2, 0.25) is 5.75 Å². The Balaban J connectivity index is 2.37. The minimum absolute atomic E-state index is 0.206. The maximum absolute atomic E-state index is 8.89. The van der Waals surface area contributed by atoms with E-state index in [0.717, 1.165) is 0 Å². The van der Waals surface area contributed by atoms with Crippen molar-refractivity contribution in [3.63, 3.8) is 0 Å². The molecule has 0 fully saturated rings. The van der Waals surface area contributed by atoms with E-state index in [9.17, 15) is 0 Å². The van der Waals surface area contributed by atoms with Crippen molar-refractivity contribution in [2.24, 2.45) is 0 Å². The molecule has 0 atom stereocenters. The number of nitrogens with zero attached hydrogens (tertiary/aromatic N) is 2. The van der Waals surface area contributed by atoms with E-state index in [1.54, 1.807) is 12.1 Å². The zero-order valence-corrected chi connectivity index (χ0v) is 12.6. The number of nitrogen functional groups attached to an aromatic ring is 1. The van der Waals surface area contributed by atoms with Gasteiger partial charge < -0.3 is 25.3 Å². The number of nitrogens with one attached hydrogen (secondary N) is 1. The van der Waals surface area contributed by atoms with E-state index in [-0.39, 0.29) is 5.82 Å². The number of hydrogen-bond donors (Lipinski definition) is 2. The summed E-state index contributed by atoms with van der Waals surface area (Å²) in [5, 5.41) is 12.5. The van der Waals surface area contributed by atoms with Crippen LogP contribution in [-0.4, -0.2) is 26.3 Å². The maximum Gasteiger partial charge on any atom is 0.203 e. The van der Waals surface area contributed by atoms with Gasteiger partial charge in [-0.25, -0.2) is 4.98 Å². The molecule has 3 N–H and O–H groups in total. The van der Waals surface area contributed by atoms with Crippen molar-refractivity contribution >= 4 is 28.0 Å². The highest BCUT2D eigenvalue weighted by atomic mass is 32.1. The predicted octanol–water partition coefficient (Wildman–Crippen LogP) is 2.37. The molecular weight excluding hydrogens is 292 g/mol. The van der Waals surface area contributed by atoms with Gasteiger partial charge in [-0.2, -0.15) is 5.26 Å². The van der Waals surface area contributed by atoms with Gasteiger partial charge in [0.15, 0.2) is 22.4 Å². The second kappa shape index (κ2) is 6.19. The number of aromatic nitrogens is 1. The molecule has 0 aliphatic carbocycles. The number of nitriles is 1. The van der Waals surface area contributed by atoms with E-state index in [1.807, 2.05) is 6.07 Å². The Hall–Kier alpha value is -2.66. The van der Waals surface area contributed by atoms with Crippen LogP contribution in [0.2, 0.25) is 0 Å². The third-order valence-electron chi connectivity index (χ3n) is 2.67. The summed E-state index contributed by atoms with van der Waals surface area (Å²) in [6.45, 7) is 0. The summed E-state index contributed by atoms with van der Waals surface area (Å²) < 4.78 is 15.8. The highest BCUT2D eigenvalue weighted by Crippen LogP contribution is 2.41. The fraction of sp³-hybridized carbons (Fsp3) is 0.231. The number of anilines is 3. The highest BCUT2D eigenvalue weighted by Gasteiger charge is 2.14. The lowest BCUT2D eigenvalue weighted by Gasteiger charge is -2.14. The first-order valence-corrected chi connectivity index (χ1v) is 6.68. The zero-order chi connectivity index (χ0) is 15.4. The molecule has 0 saturated carbocycles. The van der Waals surface area contributed by atoms with Gasteiger partial charge >= 0.3 is 0 Å². The van der Waals surface area contributed by atoms with Crippen LogP contribution in [0.15, 0.2) is 12.1 Å². The summed E-state index contributed by atoms with van der Waals surface area (Å²) in [5.74, 6) is 1.74. The molecule has 2 rings (SSSR count). The Labute approximate surface area is 125 Å². The molecule has 110 valence electrons. The van der Waals surface area contributed by atoms with Gasteiger partial charge in [-0.1, -0.05) is 11.3 Å². The molecule has 0 bridgehead atoms. The summed E-state index contributed by atoms with van der Waals surface area (Å²) in [5.41, 5.74) is 6.31. The molecule has 1 heterocycles. The van der Waals surface area contributed by atoms with Crippen LogP contribution in [0.25, 0.3) is 0 Å². The minimum Gasteiger partial charge on any atom is -0.493 e. The second-order valence-corrected chi connectivity index (χ2v) is 4.88. The van der Waals surface area contributed by atoms with Gasteiger partial charge in [-0.3, -0.25) is 0 Å². The number of benzene rings is 1. The number of nitrogens with two attached hydrogens (primary N) is 1. The fourth-order valence-corrected chi connectivity index (χ4v) is 2.44. The Morgan fingerprint density at radius 1 is 1.19 bits per heavy atom. The van der Waals surface area contributed by atoms with Crippen LogP contribution in [-0.2, 0) is 0 Å². The molecule has 0 saturated heterocycles. The van der Waals surface area contributed by atoms with Gasteiger partial charge in [0.25, 0.3) is 0 Å². The molecule has 1 aromatic carbocycles. The molecule has 0 aliphatic heterocycles. The lowest BCUT2D eigenvalue weighted by atomic mass is 10.2. The van der Waals surface area contributed by atoms with Crippen molar-refractivity contribution in [2.45, 2.75) is 0 Å². The third kappa shape index (κ3) is 2.93. The van der Waals surface area contributed by atoms with E-state index in [0.29, 0.717) is 32.9 Å². The molecule has 0 radical (unpaired) electrons. The van der Waals surface area contributed by atoms with Gasteiger partial charge in [-0.05, 0) is 0 Å². The van der Waals surface area contributed by atoms with Crippen LogP contribution < -0.4 is 25.3 Å². The largest absolute Gasteiger partial charge is 0.493 e. The summed E-state index contributed by atoms with van der Waals surface area (Å²) in [6, 6.07) is 5.47. The number of hydrogen-bond acceptors (Lipinski definition) is 8. The Bertz CT molecular complexity index is 668. The first-order chi connectivity index (χ1) is 10.1. The van der Waals surface area contributed by atoms with Crippen molar-refractivity contribution in [2.75, 3.05) is 32.4 Å². The second-order valence-electron chi connectivity index (χ2n) is 3.88. The van der Waals surface area contributed by atoms with Crippen LogP contribution in [0.3, 0.4) is 0 Å². The minimum atomic E-state index is 0.206. The number of methoxy groups -OCH3 is 3. The average molecular weight is 306 g/mol. The van der Waals surface area contributed by atoms with Crippen LogP contribution >= 0.6 is 11.3 Å². The van der Waals surface area contributed by atoms with E-state index in [2.05, 4.69) is 10.3 Å². The molecule has 0 spiro atoms. The zero-order valence-electron chi connectivity index (χ0n) is 11.8. The van der Waals surface area contributed by atoms with Crippen LogP contribution in [0.5, 0.6) is 17.2 Å². The number of thiazole rings is 1. The smallest absolute Gasteiger partial charge is 0.203 e. The molecule has 0 aliphatic rings. The summed E-state index contributed by atoms with van der Waals surface area (Å²) in [7, 11) is 4.61. The van der Waals surface area contributed by atoms with E-state index >= 15 is 0 Å². The monoisotopic (exact) mass is 306 g/mol. The Morgan fingerprint density at radius 3 is 2.24 bits per heavy atom. The van der Waals surface area contributed by atoms with Gasteiger partial charge in [0, 0.05) is 17.8 Å². The standard InChI is InChI=1S/C13H14N4O3S/c1-18-8-4-7(5-9(19-2)11(8)20-3)16-13-17-12(15)10(6-14)21-13/h4-5H,15H2,1-3H3,(H,16,17). The van der Waals surface area contributed by atoms with E-state index in [1.165, 1.54) is 32.7 Å². The molecule has 21 heavy (non-hydrogen) atoms. The quantitative estimate of drug-likeness (QED) is 0.874. The number of rotatable bonds is 5. The molecule has 2 aromatic rings. The van der Waals surface area contributed by atoms with Gasteiger partial charge in [0.05, 0.1) is 21.3 Å². The van der Waals surface area contributed by atoms with Crippen LogP contribution in [0.4, 0.5) is 16.6 Å². The summed E-state index contributed by atoms with van der Waals surface area (Å²) in [4.78, 5) is 4.45. The third-order valence-corrected chi connectivity index (χ3v) is 3.56. The molecular formula is C13H14N4O3S. The maximum atomic E-state index is 8.89.